The summed E-state index contributed by atoms with van der Waals surface area (Å²) in [6.07, 6.45) is 1.13. The smallest absolute Gasteiger partial charge is 0.277 e. The lowest BCUT2D eigenvalue weighted by Crippen LogP contribution is -2.34. The molecule has 1 aliphatic heterocycles. The zero-order valence-corrected chi connectivity index (χ0v) is 16.3. The van der Waals surface area contributed by atoms with Gasteiger partial charge in [0.2, 0.25) is 0 Å². The first-order valence-corrected chi connectivity index (χ1v) is 10.0. The van der Waals surface area contributed by atoms with E-state index in [9.17, 15) is 18.0 Å². The molecule has 3 rings (SSSR count). The zero-order chi connectivity index (χ0) is 21.0. The topological polar surface area (TPSA) is 125 Å². The van der Waals surface area contributed by atoms with E-state index in [1.165, 1.54) is 31.4 Å². The fourth-order valence-corrected chi connectivity index (χ4v) is 3.73. The van der Waals surface area contributed by atoms with Gasteiger partial charge >= 0.3 is 0 Å². The highest BCUT2D eigenvalue weighted by Crippen LogP contribution is 2.23. The van der Waals surface area contributed by atoms with Crippen molar-refractivity contribution in [3.05, 3.63) is 60.3 Å². The summed E-state index contributed by atoms with van der Waals surface area (Å²) in [6.45, 7) is -0.419. The Labute approximate surface area is 167 Å². The normalized spacial score (nSPS) is 14.0. The third-order valence-corrected chi connectivity index (χ3v) is 5.50. The van der Waals surface area contributed by atoms with Gasteiger partial charge in [-0.3, -0.25) is 19.2 Å². The minimum atomic E-state index is -3.82. The maximum absolute atomic E-state index is 12.6. The molecule has 0 saturated carbocycles. The number of hydrogen-bond donors (Lipinski definition) is 3. The standard InChI is InChI=1S/C19H19N3O6S/c1-28-15-4-2-3-14(11-15)21-29(26,27)16-7-5-13(6-8-16)20-17-12-18(24)22(9-10-23)19(17)25/h2-8,11-12,20-21,23H,9-10H2,1H3. The van der Waals surface area contributed by atoms with Crippen molar-refractivity contribution in [2.24, 2.45) is 0 Å². The van der Waals surface area contributed by atoms with Gasteiger partial charge < -0.3 is 15.2 Å². The second-order valence-corrected chi connectivity index (χ2v) is 7.75. The van der Waals surface area contributed by atoms with Crippen LogP contribution < -0.4 is 14.8 Å². The Balaban J connectivity index is 1.72. The quantitative estimate of drug-likeness (QED) is 0.550. The van der Waals surface area contributed by atoms with Gasteiger partial charge in [-0.25, -0.2) is 8.42 Å². The molecule has 9 nitrogen and oxygen atoms in total. The van der Waals surface area contributed by atoms with Crippen molar-refractivity contribution in [3.63, 3.8) is 0 Å². The molecule has 10 heteroatoms. The second-order valence-electron chi connectivity index (χ2n) is 6.06. The second kappa shape index (κ2) is 8.33. The van der Waals surface area contributed by atoms with E-state index in [0.717, 1.165) is 11.0 Å². The summed E-state index contributed by atoms with van der Waals surface area (Å²) in [7, 11) is -2.34. The van der Waals surface area contributed by atoms with Gasteiger partial charge in [-0.05, 0) is 36.4 Å². The van der Waals surface area contributed by atoms with Crippen LogP contribution in [0.3, 0.4) is 0 Å². The van der Waals surface area contributed by atoms with Crippen LogP contribution in [-0.2, 0) is 19.6 Å². The minimum Gasteiger partial charge on any atom is -0.497 e. The van der Waals surface area contributed by atoms with Crippen LogP contribution in [0.2, 0.25) is 0 Å². The van der Waals surface area contributed by atoms with E-state index in [-0.39, 0.29) is 23.7 Å². The molecule has 0 aliphatic carbocycles. The lowest BCUT2D eigenvalue weighted by Gasteiger charge is -2.13. The lowest BCUT2D eigenvalue weighted by molar-refractivity contribution is -0.137. The van der Waals surface area contributed by atoms with Gasteiger partial charge in [-0.2, -0.15) is 0 Å². The van der Waals surface area contributed by atoms with Crippen molar-refractivity contribution >= 4 is 33.2 Å². The van der Waals surface area contributed by atoms with E-state index < -0.39 is 21.8 Å². The molecule has 29 heavy (non-hydrogen) atoms. The fraction of sp³-hybridized carbons (Fsp3) is 0.158. The van der Waals surface area contributed by atoms with Gasteiger partial charge in [0, 0.05) is 17.8 Å². The molecule has 0 spiro atoms. The molecule has 152 valence electrons. The number of aliphatic hydroxyl groups is 1. The number of aliphatic hydroxyl groups excluding tert-OH is 1. The van der Waals surface area contributed by atoms with Crippen LogP contribution in [0, 0.1) is 0 Å². The number of hydrogen-bond acceptors (Lipinski definition) is 7. The molecule has 0 saturated heterocycles. The van der Waals surface area contributed by atoms with Gasteiger partial charge in [-0.1, -0.05) is 6.07 Å². The highest BCUT2D eigenvalue weighted by molar-refractivity contribution is 7.92. The molecule has 3 N–H and O–H groups in total. The summed E-state index contributed by atoms with van der Waals surface area (Å²) in [6, 6.07) is 12.2. The lowest BCUT2D eigenvalue weighted by atomic mass is 10.3. The Morgan fingerprint density at radius 2 is 1.79 bits per heavy atom. The van der Waals surface area contributed by atoms with Crippen LogP contribution in [-0.4, -0.2) is 50.5 Å². The Kier molecular flexibility index (Phi) is 5.85. The molecule has 0 unspecified atom stereocenters. The minimum absolute atomic E-state index is 0.0237. The van der Waals surface area contributed by atoms with Crippen molar-refractivity contribution in [1.29, 1.82) is 0 Å². The number of ether oxygens (including phenoxy) is 1. The average molecular weight is 417 g/mol. The number of nitrogens with zero attached hydrogens (tertiary/aromatic N) is 1. The monoisotopic (exact) mass is 417 g/mol. The molecule has 2 aromatic rings. The third kappa shape index (κ3) is 4.55. The molecule has 2 aromatic carbocycles. The molecule has 1 aliphatic rings. The molecular weight excluding hydrogens is 398 g/mol. The van der Waals surface area contributed by atoms with E-state index in [2.05, 4.69) is 10.0 Å². The molecule has 0 bridgehead atoms. The first-order valence-electron chi connectivity index (χ1n) is 8.56. The summed E-state index contributed by atoms with van der Waals surface area (Å²) in [5, 5.41) is 11.7. The molecule has 0 radical (unpaired) electrons. The van der Waals surface area contributed by atoms with Crippen LogP contribution >= 0.6 is 0 Å². The van der Waals surface area contributed by atoms with Crippen molar-refractivity contribution in [3.8, 4) is 5.75 Å². The van der Waals surface area contributed by atoms with Gasteiger partial charge in [-0.15, -0.1) is 0 Å². The van der Waals surface area contributed by atoms with Gasteiger partial charge in [0.25, 0.3) is 21.8 Å². The van der Waals surface area contributed by atoms with Crippen molar-refractivity contribution in [2.75, 3.05) is 30.3 Å². The summed E-state index contributed by atoms with van der Waals surface area (Å²) in [5.74, 6) is -0.558. The van der Waals surface area contributed by atoms with Gasteiger partial charge in [0.05, 0.1) is 30.8 Å². The predicted octanol–water partition coefficient (Wildman–Crippen LogP) is 1.15. The number of carbonyl (C=O) groups excluding carboxylic acids is 2. The highest BCUT2D eigenvalue weighted by Gasteiger charge is 2.30. The number of methoxy groups -OCH3 is 1. The Bertz CT molecular complexity index is 1060. The number of benzene rings is 2. The zero-order valence-electron chi connectivity index (χ0n) is 15.5. The number of β-amino-alcohol motifs (C(OH)–C–C–N with tert-alkyl or cyclic N) is 1. The van der Waals surface area contributed by atoms with Crippen LogP contribution in [0.1, 0.15) is 0 Å². The molecule has 1 heterocycles. The molecular formula is C19H19N3O6S. The van der Waals surface area contributed by atoms with Gasteiger partial charge in [0.15, 0.2) is 0 Å². The number of carbonyl (C=O) groups is 2. The summed E-state index contributed by atoms with van der Waals surface area (Å²) >= 11 is 0. The van der Waals surface area contributed by atoms with Crippen molar-refractivity contribution < 1.29 is 27.9 Å². The van der Waals surface area contributed by atoms with E-state index >= 15 is 0 Å². The van der Waals surface area contributed by atoms with Crippen LogP contribution in [0.15, 0.2) is 65.2 Å². The first kappa shape index (κ1) is 20.4. The third-order valence-electron chi connectivity index (χ3n) is 4.10. The van der Waals surface area contributed by atoms with Crippen molar-refractivity contribution in [2.45, 2.75) is 4.90 Å². The Hall–Kier alpha value is -3.37. The van der Waals surface area contributed by atoms with E-state index in [4.69, 9.17) is 9.84 Å². The molecule has 2 amide bonds. The van der Waals surface area contributed by atoms with Crippen LogP contribution in [0.4, 0.5) is 11.4 Å². The fourth-order valence-electron chi connectivity index (χ4n) is 2.68. The number of anilines is 2. The highest BCUT2D eigenvalue weighted by atomic mass is 32.2. The first-order chi connectivity index (χ1) is 13.8. The predicted molar refractivity (Wildman–Crippen MR) is 106 cm³/mol. The summed E-state index contributed by atoms with van der Waals surface area (Å²) in [4.78, 5) is 24.8. The molecule has 0 aromatic heterocycles. The maximum atomic E-state index is 12.6. The van der Waals surface area contributed by atoms with Crippen molar-refractivity contribution in [1.82, 2.24) is 4.90 Å². The number of sulfonamides is 1. The molecule has 0 atom stereocenters. The SMILES string of the molecule is COc1cccc(NS(=O)(=O)c2ccc(NC3=CC(=O)N(CCO)C3=O)cc2)c1. The maximum Gasteiger partial charge on any atom is 0.277 e. The van der Waals surface area contributed by atoms with Crippen LogP contribution in [0.5, 0.6) is 5.75 Å². The van der Waals surface area contributed by atoms with E-state index in [0.29, 0.717) is 17.1 Å². The molecule has 0 fully saturated rings. The number of imide groups is 1. The number of rotatable bonds is 8. The number of amides is 2. The van der Waals surface area contributed by atoms with E-state index in [1.54, 1.807) is 24.3 Å². The summed E-state index contributed by atoms with van der Waals surface area (Å²) in [5.41, 5.74) is 0.841. The Morgan fingerprint density at radius 3 is 2.45 bits per heavy atom. The Morgan fingerprint density at radius 1 is 1.07 bits per heavy atom. The summed E-state index contributed by atoms with van der Waals surface area (Å²) < 4.78 is 32.7. The largest absolute Gasteiger partial charge is 0.497 e. The average Bonchev–Trinajstić information content (AvgIpc) is 2.96. The van der Waals surface area contributed by atoms with E-state index in [1.807, 2.05) is 0 Å². The van der Waals surface area contributed by atoms with Gasteiger partial charge in [0.1, 0.15) is 11.4 Å². The van der Waals surface area contributed by atoms with Crippen LogP contribution in [0.25, 0.3) is 0 Å². The number of nitrogens with one attached hydrogen (secondary N) is 2.